The highest BCUT2D eigenvalue weighted by Gasteiger charge is 2.33. The van der Waals surface area contributed by atoms with Crippen molar-refractivity contribution in [1.82, 2.24) is 10.6 Å². The first-order valence-electron chi connectivity index (χ1n) is 7.10. The lowest BCUT2D eigenvalue weighted by atomic mass is 10.1. The van der Waals surface area contributed by atoms with Crippen LogP contribution in [0.25, 0.3) is 0 Å². The molecule has 1 heterocycles. The fraction of sp³-hybridized carbons (Fsp3) is 0.467. The van der Waals surface area contributed by atoms with Gasteiger partial charge in [0, 0.05) is 14.3 Å². The SMILES string of the molecule is CN[C@H](C)C(=O)N[C@H](Cc1ccc(F)cc1)C(=O)P1COC1. The maximum Gasteiger partial charge on any atom is 0.237 e. The van der Waals surface area contributed by atoms with E-state index in [1.165, 1.54) is 12.1 Å². The molecule has 1 aliphatic rings. The summed E-state index contributed by atoms with van der Waals surface area (Å²) < 4.78 is 18.1. The van der Waals surface area contributed by atoms with Gasteiger partial charge >= 0.3 is 0 Å². The van der Waals surface area contributed by atoms with Gasteiger partial charge in [0.2, 0.25) is 5.91 Å². The normalized spacial score (nSPS) is 17.4. The van der Waals surface area contributed by atoms with Gasteiger partial charge in [-0.2, -0.15) is 0 Å². The number of rotatable bonds is 7. The Labute approximate surface area is 130 Å². The zero-order chi connectivity index (χ0) is 16.1. The number of halogens is 1. The molecule has 2 N–H and O–H groups in total. The van der Waals surface area contributed by atoms with Crippen LogP contribution in [0.3, 0.4) is 0 Å². The first kappa shape index (κ1) is 17.0. The van der Waals surface area contributed by atoms with Gasteiger partial charge in [0.25, 0.3) is 0 Å². The van der Waals surface area contributed by atoms with E-state index in [4.69, 9.17) is 4.74 Å². The molecule has 0 unspecified atom stereocenters. The molecular formula is C15H20FN2O3P. The van der Waals surface area contributed by atoms with Crippen LogP contribution in [-0.4, -0.2) is 43.3 Å². The van der Waals surface area contributed by atoms with E-state index >= 15 is 0 Å². The molecule has 0 saturated carbocycles. The number of carbonyl (C=O) groups is 2. The van der Waals surface area contributed by atoms with Crippen LogP contribution < -0.4 is 10.6 Å². The van der Waals surface area contributed by atoms with Gasteiger partial charge < -0.3 is 15.4 Å². The van der Waals surface area contributed by atoms with E-state index in [2.05, 4.69) is 10.6 Å². The lowest BCUT2D eigenvalue weighted by Gasteiger charge is -2.29. The largest absolute Gasteiger partial charge is 0.371 e. The molecule has 0 bridgehead atoms. The van der Waals surface area contributed by atoms with E-state index in [1.54, 1.807) is 26.1 Å². The molecule has 0 radical (unpaired) electrons. The van der Waals surface area contributed by atoms with Crippen LogP contribution in [0.2, 0.25) is 0 Å². The van der Waals surface area contributed by atoms with Crippen molar-refractivity contribution in [3.8, 4) is 0 Å². The van der Waals surface area contributed by atoms with Crippen molar-refractivity contribution < 1.29 is 18.7 Å². The molecule has 1 aliphatic heterocycles. The number of amides is 1. The van der Waals surface area contributed by atoms with Gasteiger partial charge in [0.05, 0.1) is 24.8 Å². The number of ether oxygens (including phenoxy) is 1. The van der Waals surface area contributed by atoms with Crippen molar-refractivity contribution in [1.29, 1.82) is 0 Å². The summed E-state index contributed by atoms with van der Waals surface area (Å²) in [6.45, 7) is 1.73. The molecule has 1 fully saturated rings. The summed E-state index contributed by atoms with van der Waals surface area (Å²) in [4.78, 5) is 24.5. The van der Waals surface area contributed by atoms with Crippen molar-refractivity contribution in [2.75, 3.05) is 19.7 Å². The number of carbonyl (C=O) groups excluding carboxylic acids is 2. The van der Waals surface area contributed by atoms with E-state index in [0.717, 1.165) is 5.56 Å². The lowest BCUT2D eigenvalue weighted by Crippen LogP contribution is -2.49. The van der Waals surface area contributed by atoms with Gasteiger partial charge in [0.15, 0.2) is 5.52 Å². The Balaban J connectivity index is 2.08. The van der Waals surface area contributed by atoms with E-state index < -0.39 is 14.0 Å². The highest BCUT2D eigenvalue weighted by atomic mass is 31.1. The van der Waals surface area contributed by atoms with Crippen molar-refractivity contribution >= 4 is 19.4 Å². The molecule has 7 heteroatoms. The minimum absolute atomic E-state index is 0.0298. The van der Waals surface area contributed by atoms with Crippen LogP contribution in [0.5, 0.6) is 0 Å². The van der Waals surface area contributed by atoms with Crippen molar-refractivity contribution in [2.24, 2.45) is 0 Å². The third-order valence-corrected chi connectivity index (χ3v) is 5.52. The number of hydrogen-bond acceptors (Lipinski definition) is 4. The number of hydrogen-bond donors (Lipinski definition) is 2. The Morgan fingerprint density at radius 3 is 2.45 bits per heavy atom. The molecule has 2 atom stereocenters. The molecule has 2 rings (SSSR count). The average Bonchev–Trinajstić information content (AvgIpc) is 2.45. The molecule has 120 valence electrons. The molecule has 1 saturated heterocycles. The van der Waals surface area contributed by atoms with Crippen LogP contribution in [0.4, 0.5) is 4.39 Å². The average molecular weight is 326 g/mol. The highest BCUT2D eigenvalue weighted by Crippen LogP contribution is 2.45. The molecule has 5 nitrogen and oxygen atoms in total. The topological polar surface area (TPSA) is 67.4 Å². The minimum atomic E-state index is -0.825. The van der Waals surface area contributed by atoms with Crippen molar-refractivity contribution in [3.63, 3.8) is 0 Å². The van der Waals surface area contributed by atoms with Crippen LogP contribution >= 0.6 is 7.92 Å². The van der Waals surface area contributed by atoms with Gasteiger partial charge in [-0.1, -0.05) is 12.1 Å². The molecule has 0 aliphatic carbocycles. The lowest BCUT2D eigenvalue weighted by molar-refractivity contribution is -0.126. The minimum Gasteiger partial charge on any atom is -0.371 e. The summed E-state index contributed by atoms with van der Waals surface area (Å²) in [7, 11) is 0.860. The predicted molar refractivity (Wildman–Crippen MR) is 83.3 cm³/mol. The maximum atomic E-state index is 13.0. The van der Waals surface area contributed by atoms with Crippen LogP contribution in [-0.2, 0) is 20.7 Å². The third-order valence-electron chi connectivity index (χ3n) is 3.60. The fourth-order valence-electron chi connectivity index (χ4n) is 2.01. The molecule has 0 spiro atoms. The first-order chi connectivity index (χ1) is 10.5. The molecular weight excluding hydrogens is 306 g/mol. The van der Waals surface area contributed by atoms with Gasteiger partial charge in [-0.15, -0.1) is 0 Å². The van der Waals surface area contributed by atoms with E-state index in [0.29, 0.717) is 19.1 Å². The van der Waals surface area contributed by atoms with Crippen LogP contribution in [0.1, 0.15) is 12.5 Å². The number of benzene rings is 1. The Bertz CT molecular complexity index is 534. The molecule has 1 aromatic carbocycles. The van der Waals surface area contributed by atoms with Gasteiger partial charge in [-0.3, -0.25) is 9.59 Å². The fourth-order valence-corrected chi connectivity index (χ4v) is 3.23. The monoisotopic (exact) mass is 326 g/mol. The second-order valence-electron chi connectivity index (χ2n) is 5.24. The van der Waals surface area contributed by atoms with E-state index in [1.807, 2.05) is 0 Å². The summed E-state index contributed by atoms with van der Waals surface area (Å²) in [5.41, 5.74) is 0.843. The van der Waals surface area contributed by atoms with Crippen molar-refractivity contribution in [2.45, 2.75) is 25.4 Å². The Morgan fingerprint density at radius 1 is 1.32 bits per heavy atom. The Hall–Kier alpha value is -1.36. The molecule has 22 heavy (non-hydrogen) atoms. The number of nitrogens with one attached hydrogen (secondary N) is 2. The highest BCUT2D eigenvalue weighted by molar-refractivity contribution is 7.75. The molecule has 1 amide bonds. The number of likely N-dealkylation sites (N-methyl/N-ethyl adjacent to an activating group) is 1. The zero-order valence-electron chi connectivity index (χ0n) is 12.6. The van der Waals surface area contributed by atoms with E-state index in [-0.39, 0.29) is 23.3 Å². The van der Waals surface area contributed by atoms with E-state index in [9.17, 15) is 14.0 Å². The summed E-state index contributed by atoms with van der Waals surface area (Å²) in [5, 5.41) is 5.64. The third kappa shape index (κ3) is 4.32. The Morgan fingerprint density at radius 2 is 1.95 bits per heavy atom. The quantitative estimate of drug-likeness (QED) is 0.744. The van der Waals surface area contributed by atoms with Gasteiger partial charge in [-0.25, -0.2) is 4.39 Å². The molecule has 1 aromatic rings. The van der Waals surface area contributed by atoms with Crippen LogP contribution in [0, 0.1) is 5.82 Å². The standard InChI is InChI=1S/C15H20FN2O3P/c1-10(17-2)14(19)18-13(15(20)22-8-21-9-22)7-11-3-5-12(16)6-4-11/h3-6,10,13,17H,7-9H2,1-2H3,(H,18,19)/t10-,13-/m1/s1. The maximum absolute atomic E-state index is 13.0. The molecule has 0 aromatic heterocycles. The smallest absolute Gasteiger partial charge is 0.237 e. The zero-order valence-corrected chi connectivity index (χ0v) is 13.5. The second kappa shape index (κ2) is 7.77. The second-order valence-corrected chi connectivity index (χ2v) is 7.28. The predicted octanol–water partition coefficient (Wildman–Crippen LogP) is 1.41. The Kier molecular flexibility index (Phi) is 6.00. The summed E-state index contributed by atoms with van der Waals surface area (Å²) in [5.74, 6) is -0.546. The first-order valence-corrected chi connectivity index (χ1v) is 8.81. The van der Waals surface area contributed by atoms with Gasteiger partial charge in [-0.05, 0) is 31.7 Å². The van der Waals surface area contributed by atoms with Gasteiger partial charge in [0.1, 0.15) is 5.82 Å². The summed E-state index contributed by atoms with van der Waals surface area (Å²) >= 11 is 0. The summed E-state index contributed by atoms with van der Waals surface area (Å²) in [6.07, 6.45) is 1.29. The summed E-state index contributed by atoms with van der Waals surface area (Å²) in [6, 6.07) is 5.00. The van der Waals surface area contributed by atoms with Crippen molar-refractivity contribution in [3.05, 3.63) is 35.6 Å². The van der Waals surface area contributed by atoms with Crippen LogP contribution in [0.15, 0.2) is 24.3 Å².